The standard InChI is InChI=1S/C34H56P2/c1-21(2)27-17-29(23(5)6)33(30(18-27)24(7)8)35-15-13-14-16-36-34-31(25(9)10)19-28(22(3)4)20-32(34)26(11)12/h17-26,35-36H,13-16H2,1-12H3. The highest BCUT2D eigenvalue weighted by Crippen LogP contribution is 2.33. The number of hydrogen-bond acceptors (Lipinski definition) is 0. The number of benzene rings is 2. The topological polar surface area (TPSA) is 0 Å². The van der Waals surface area contributed by atoms with Crippen molar-refractivity contribution in [1.82, 2.24) is 0 Å². The lowest BCUT2D eigenvalue weighted by Gasteiger charge is -2.23. The maximum absolute atomic E-state index is 2.52. The molecule has 0 fully saturated rings. The van der Waals surface area contributed by atoms with Crippen LogP contribution in [0.5, 0.6) is 0 Å². The minimum Gasteiger partial charge on any atom is -0.0898 e. The van der Waals surface area contributed by atoms with Crippen LogP contribution in [0.3, 0.4) is 0 Å². The molecule has 0 radical (unpaired) electrons. The Kier molecular flexibility index (Phi) is 12.7. The van der Waals surface area contributed by atoms with Crippen molar-refractivity contribution in [3.05, 3.63) is 57.6 Å². The van der Waals surface area contributed by atoms with Gasteiger partial charge in [0.25, 0.3) is 0 Å². The van der Waals surface area contributed by atoms with Crippen molar-refractivity contribution < 1.29 is 0 Å². The van der Waals surface area contributed by atoms with E-state index in [4.69, 9.17) is 0 Å². The monoisotopic (exact) mass is 526 g/mol. The molecule has 2 unspecified atom stereocenters. The van der Waals surface area contributed by atoms with Gasteiger partial charge in [0.05, 0.1) is 0 Å². The Morgan fingerprint density at radius 2 is 0.667 bits per heavy atom. The van der Waals surface area contributed by atoms with Gasteiger partial charge < -0.3 is 0 Å². The van der Waals surface area contributed by atoms with Gasteiger partial charge in [-0.1, -0.05) is 125 Å². The molecule has 2 rings (SSSR count). The maximum atomic E-state index is 2.52. The summed E-state index contributed by atoms with van der Waals surface area (Å²) in [5, 5.41) is 3.36. The van der Waals surface area contributed by atoms with E-state index in [9.17, 15) is 0 Å². The zero-order chi connectivity index (χ0) is 27.2. The summed E-state index contributed by atoms with van der Waals surface area (Å²) in [7, 11) is 1.88. The van der Waals surface area contributed by atoms with Crippen LogP contribution in [0.1, 0.15) is 165 Å². The molecule has 2 aromatic rings. The molecular formula is C34H56P2. The lowest BCUT2D eigenvalue weighted by molar-refractivity contribution is 0.812. The molecular weight excluding hydrogens is 470 g/mol. The van der Waals surface area contributed by atoms with Gasteiger partial charge in [0.1, 0.15) is 0 Å². The Balaban J connectivity index is 2.11. The van der Waals surface area contributed by atoms with Crippen LogP contribution in [-0.4, -0.2) is 12.3 Å². The Labute approximate surface area is 228 Å². The first-order chi connectivity index (χ1) is 16.8. The normalized spacial score (nSPS) is 13.1. The third-order valence-corrected chi connectivity index (χ3v) is 10.5. The lowest BCUT2D eigenvalue weighted by atomic mass is 9.89. The number of unbranched alkanes of at least 4 members (excludes halogenated alkanes) is 1. The van der Waals surface area contributed by atoms with E-state index in [1.54, 1.807) is 32.9 Å². The second-order valence-electron chi connectivity index (χ2n) is 12.6. The molecule has 0 aliphatic rings. The molecule has 0 nitrogen and oxygen atoms in total. The average molecular weight is 527 g/mol. The van der Waals surface area contributed by atoms with E-state index in [0.29, 0.717) is 35.5 Å². The minimum absolute atomic E-state index is 0.597. The van der Waals surface area contributed by atoms with Crippen molar-refractivity contribution in [3.8, 4) is 0 Å². The van der Waals surface area contributed by atoms with Gasteiger partial charge in [-0.25, -0.2) is 0 Å². The summed E-state index contributed by atoms with van der Waals surface area (Å²) in [4.78, 5) is 0. The van der Waals surface area contributed by atoms with Crippen LogP contribution in [-0.2, 0) is 0 Å². The third-order valence-electron chi connectivity index (χ3n) is 7.47. The molecule has 202 valence electrons. The van der Waals surface area contributed by atoms with Gasteiger partial charge in [0, 0.05) is 0 Å². The molecule has 0 aromatic heterocycles. The third kappa shape index (κ3) is 8.40. The highest BCUT2D eigenvalue weighted by molar-refractivity contribution is 7.47. The van der Waals surface area contributed by atoms with E-state index < -0.39 is 0 Å². The molecule has 36 heavy (non-hydrogen) atoms. The fourth-order valence-corrected chi connectivity index (χ4v) is 8.61. The van der Waals surface area contributed by atoms with Gasteiger partial charge in [-0.15, -0.1) is 0 Å². The van der Waals surface area contributed by atoms with Crippen LogP contribution in [0.15, 0.2) is 24.3 Å². The van der Waals surface area contributed by atoms with Crippen molar-refractivity contribution in [3.63, 3.8) is 0 Å². The highest BCUT2D eigenvalue weighted by atomic mass is 31.1. The average Bonchev–Trinajstić information content (AvgIpc) is 2.79. The highest BCUT2D eigenvalue weighted by Gasteiger charge is 2.18. The molecule has 0 N–H and O–H groups in total. The van der Waals surface area contributed by atoms with Crippen LogP contribution in [0.4, 0.5) is 0 Å². The number of rotatable bonds is 13. The second-order valence-corrected chi connectivity index (χ2v) is 15.3. The molecule has 0 saturated carbocycles. The van der Waals surface area contributed by atoms with Crippen molar-refractivity contribution >= 4 is 27.8 Å². The van der Waals surface area contributed by atoms with Gasteiger partial charge in [-0.2, -0.15) is 0 Å². The van der Waals surface area contributed by atoms with E-state index in [2.05, 4.69) is 107 Å². The molecule has 2 heteroatoms. The van der Waals surface area contributed by atoms with Crippen LogP contribution < -0.4 is 10.6 Å². The van der Waals surface area contributed by atoms with Gasteiger partial charge in [-0.05, 0) is 105 Å². The molecule has 0 spiro atoms. The Morgan fingerprint density at radius 1 is 0.417 bits per heavy atom. The first-order valence-electron chi connectivity index (χ1n) is 14.7. The summed E-state index contributed by atoms with van der Waals surface area (Å²) >= 11 is 0. The van der Waals surface area contributed by atoms with Crippen molar-refractivity contribution in [2.75, 3.05) is 12.3 Å². The van der Waals surface area contributed by atoms with E-state index in [1.807, 2.05) is 0 Å². The maximum Gasteiger partial charge on any atom is -0.0202 e. The van der Waals surface area contributed by atoms with Crippen molar-refractivity contribution in [1.29, 1.82) is 0 Å². The summed E-state index contributed by atoms with van der Waals surface area (Å²) < 4.78 is 0. The molecule has 0 aliphatic heterocycles. The molecule has 0 saturated heterocycles. The molecule has 0 aliphatic carbocycles. The fourth-order valence-electron chi connectivity index (χ4n) is 5.00. The van der Waals surface area contributed by atoms with E-state index >= 15 is 0 Å². The Bertz CT molecular complexity index is 826. The van der Waals surface area contributed by atoms with Gasteiger partial charge in [0.2, 0.25) is 0 Å². The van der Waals surface area contributed by atoms with Crippen molar-refractivity contribution in [2.24, 2.45) is 0 Å². The zero-order valence-electron chi connectivity index (χ0n) is 25.6. The quantitative estimate of drug-likeness (QED) is 0.180. The predicted octanol–water partition coefficient (Wildman–Crippen LogP) is 10.5. The Hall–Kier alpha value is -0.700. The van der Waals surface area contributed by atoms with Crippen LogP contribution in [0.25, 0.3) is 0 Å². The molecule has 2 aromatic carbocycles. The predicted molar refractivity (Wildman–Crippen MR) is 172 cm³/mol. The largest absolute Gasteiger partial charge is 0.0898 e. The van der Waals surface area contributed by atoms with Gasteiger partial charge in [0.15, 0.2) is 0 Å². The minimum atomic E-state index is 0.597. The van der Waals surface area contributed by atoms with Crippen LogP contribution in [0, 0.1) is 0 Å². The van der Waals surface area contributed by atoms with Crippen molar-refractivity contribution in [2.45, 2.75) is 131 Å². The van der Waals surface area contributed by atoms with Gasteiger partial charge >= 0.3 is 0 Å². The van der Waals surface area contributed by atoms with E-state index in [0.717, 1.165) is 17.2 Å². The Morgan fingerprint density at radius 3 is 0.861 bits per heavy atom. The lowest BCUT2D eigenvalue weighted by Crippen LogP contribution is -2.16. The first-order valence-corrected chi connectivity index (χ1v) is 17.1. The summed E-state index contributed by atoms with van der Waals surface area (Å²) in [5.41, 5.74) is 9.47. The summed E-state index contributed by atoms with van der Waals surface area (Å²) in [6.07, 6.45) is 5.38. The summed E-state index contributed by atoms with van der Waals surface area (Å²) in [6, 6.07) is 10.1. The molecule has 0 amide bonds. The molecule has 0 bridgehead atoms. The first kappa shape index (κ1) is 31.5. The molecule has 0 heterocycles. The zero-order valence-corrected chi connectivity index (χ0v) is 27.6. The van der Waals surface area contributed by atoms with Crippen LogP contribution in [0.2, 0.25) is 0 Å². The SMILES string of the molecule is CC(C)c1cc(C(C)C)c(PCCCCPc2c(C(C)C)cc(C(C)C)cc2C(C)C)c(C(C)C)c1. The molecule has 2 atom stereocenters. The van der Waals surface area contributed by atoms with E-state index in [1.165, 1.54) is 36.3 Å². The van der Waals surface area contributed by atoms with Crippen LogP contribution >= 0.6 is 17.2 Å². The summed E-state index contributed by atoms with van der Waals surface area (Å²) in [6.45, 7) is 28.3. The van der Waals surface area contributed by atoms with E-state index in [-0.39, 0.29) is 0 Å². The summed E-state index contributed by atoms with van der Waals surface area (Å²) in [5.74, 6) is 3.59. The fraction of sp³-hybridized carbons (Fsp3) is 0.647. The smallest absolute Gasteiger partial charge is 0.0202 e. The van der Waals surface area contributed by atoms with Gasteiger partial charge in [-0.3, -0.25) is 0 Å². The number of hydrogen-bond donors (Lipinski definition) is 0. The second kappa shape index (κ2) is 14.5.